The molecule has 1 heterocycles. The Labute approximate surface area is 93.6 Å². The summed E-state index contributed by atoms with van der Waals surface area (Å²) in [5, 5.41) is 20.0. The molecule has 1 aliphatic rings. The Morgan fingerprint density at radius 1 is 1.75 bits per heavy atom. The summed E-state index contributed by atoms with van der Waals surface area (Å²) in [6.07, 6.45) is 3.75. The van der Waals surface area contributed by atoms with E-state index in [0.717, 1.165) is 12.8 Å². The van der Waals surface area contributed by atoms with E-state index in [1.54, 1.807) is 6.20 Å². The van der Waals surface area contributed by atoms with Gasteiger partial charge in [0, 0.05) is 6.04 Å². The lowest BCUT2D eigenvalue weighted by atomic mass is 10.2. The van der Waals surface area contributed by atoms with E-state index in [1.807, 2.05) is 6.92 Å². The zero-order chi connectivity index (χ0) is 11.5. The molecule has 0 saturated heterocycles. The Morgan fingerprint density at radius 3 is 3.12 bits per heavy atom. The van der Waals surface area contributed by atoms with Gasteiger partial charge in [-0.3, -0.25) is 4.79 Å². The van der Waals surface area contributed by atoms with Crippen LogP contribution in [-0.2, 0) is 11.3 Å². The summed E-state index contributed by atoms with van der Waals surface area (Å²) < 4.78 is 1.45. The molecular weight excluding hydrogens is 208 g/mol. The second kappa shape index (κ2) is 4.61. The van der Waals surface area contributed by atoms with Gasteiger partial charge in [-0.1, -0.05) is 12.1 Å². The van der Waals surface area contributed by atoms with Gasteiger partial charge in [-0.15, -0.1) is 5.10 Å². The summed E-state index contributed by atoms with van der Waals surface area (Å²) in [7, 11) is 0. The summed E-state index contributed by atoms with van der Waals surface area (Å²) in [5.41, 5.74) is 0.515. The van der Waals surface area contributed by atoms with Gasteiger partial charge < -0.3 is 10.4 Å². The molecule has 1 atom stereocenters. The van der Waals surface area contributed by atoms with Gasteiger partial charge in [0.2, 0.25) is 5.91 Å². The van der Waals surface area contributed by atoms with Crippen molar-refractivity contribution in [1.29, 1.82) is 0 Å². The fourth-order valence-corrected chi connectivity index (χ4v) is 1.40. The van der Waals surface area contributed by atoms with E-state index in [2.05, 4.69) is 15.6 Å². The van der Waals surface area contributed by atoms with E-state index >= 15 is 0 Å². The van der Waals surface area contributed by atoms with Crippen molar-refractivity contribution < 1.29 is 9.90 Å². The molecule has 0 spiro atoms. The lowest BCUT2D eigenvalue weighted by Gasteiger charge is -2.02. The van der Waals surface area contributed by atoms with Gasteiger partial charge >= 0.3 is 0 Å². The zero-order valence-electron chi connectivity index (χ0n) is 9.26. The van der Waals surface area contributed by atoms with Gasteiger partial charge in [-0.2, -0.15) is 0 Å². The second-order valence-corrected chi connectivity index (χ2v) is 4.11. The van der Waals surface area contributed by atoms with Gasteiger partial charge in [0.25, 0.3) is 0 Å². The molecule has 6 heteroatoms. The third kappa shape index (κ3) is 2.79. The van der Waals surface area contributed by atoms with Gasteiger partial charge in [-0.25, -0.2) is 4.68 Å². The molecule has 1 aliphatic carbocycles. The number of carbonyl (C=O) groups excluding carboxylic acids is 1. The molecule has 1 amide bonds. The average Bonchev–Trinajstić information content (AvgIpc) is 2.94. The van der Waals surface area contributed by atoms with Crippen LogP contribution in [-0.4, -0.2) is 32.0 Å². The number of rotatable bonds is 5. The van der Waals surface area contributed by atoms with Crippen molar-refractivity contribution in [3.05, 3.63) is 11.9 Å². The highest BCUT2D eigenvalue weighted by Crippen LogP contribution is 2.18. The highest BCUT2D eigenvalue weighted by atomic mass is 16.3. The van der Waals surface area contributed by atoms with Crippen molar-refractivity contribution in [3.63, 3.8) is 0 Å². The maximum atomic E-state index is 11.4. The van der Waals surface area contributed by atoms with E-state index in [1.165, 1.54) is 4.68 Å². The summed E-state index contributed by atoms with van der Waals surface area (Å²) in [4.78, 5) is 11.4. The second-order valence-electron chi connectivity index (χ2n) is 4.11. The Hall–Kier alpha value is -1.43. The topological polar surface area (TPSA) is 80.0 Å². The predicted octanol–water partition coefficient (Wildman–Crippen LogP) is 0.0001000. The first-order valence-corrected chi connectivity index (χ1v) is 5.56. The van der Waals surface area contributed by atoms with Crippen LogP contribution in [0.15, 0.2) is 6.20 Å². The fraction of sp³-hybridized carbons (Fsp3) is 0.700. The van der Waals surface area contributed by atoms with Crippen LogP contribution in [0.3, 0.4) is 0 Å². The monoisotopic (exact) mass is 224 g/mol. The maximum absolute atomic E-state index is 11.4. The molecule has 6 nitrogen and oxygen atoms in total. The molecule has 88 valence electrons. The third-order valence-electron chi connectivity index (χ3n) is 2.53. The van der Waals surface area contributed by atoms with E-state index < -0.39 is 6.10 Å². The quantitative estimate of drug-likeness (QED) is 0.737. The number of carbonyl (C=O) groups is 1. The minimum absolute atomic E-state index is 0.0510. The first-order valence-electron chi connectivity index (χ1n) is 5.56. The number of nitrogens with zero attached hydrogens (tertiary/aromatic N) is 3. The molecule has 0 aliphatic heterocycles. The number of aliphatic hydroxyl groups excluding tert-OH is 1. The molecule has 1 aromatic heterocycles. The van der Waals surface area contributed by atoms with E-state index in [9.17, 15) is 9.90 Å². The van der Waals surface area contributed by atoms with E-state index in [0.29, 0.717) is 18.2 Å². The van der Waals surface area contributed by atoms with Gasteiger partial charge in [0.15, 0.2) is 0 Å². The van der Waals surface area contributed by atoms with E-state index in [-0.39, 0.29) is 12.5 Å². The van der Waals surface area contributed by atoms with Gasteiger partial charge in [-0.05, 0) is 19.3 Å². The van der Waals surface area contributed by atoms with Crippen LogP contribution in [0.25, 0.3) is 0 Å². The van der Waals surface area contributed by atoms with Crippen LogP contribution in [0.1, 0.15) is 38.0 Å². The van der Waals surface area contributed by atoms with Gasteiger partial charge in [0.1, 0.15) is 12.2 Å². The van der Waals surface area contributed by atoms with Crippen molar-refractivity contribution in [3.8, 4) is 0 Å². The molecule has 1 unspecified atom stereocenters. The molecule has 2 N–H and O–H groups in total. The van der Waals surface area contributed by atoms with Crippen LogP contribution in [0.5, 0.6) is 0 Å². The van der Waals surface area contributed by atoms with Crippen LogP contribution in [0.2, 0.25) is 0 Å². The maximum Gasteiger partial charge on any atom is 0.242 e. The normalized spacial score (nSPS) is 17.1. The average molecular weight is 224 g/mol. The minimum atomic E-state index is -0.597. The van der Waals surface area contributed by atoms with Crippen molar-refractivity contribution in [2.75, 3.05) is 0 Å². The summed E-state index contributed by atoms with van der Waals surface area (Å²) in [6.45, 7) is 2.03. The number of aliphatic hydroxyl groups is 1. The van der Waals surface area contributed by atoms with Crippen LogP contribution >= 0.6 is 0 Å². The molecule has 16 heavy (non-hydrogen) atoms. The lowest BCUT2D eigenvalue weighted by Crippen LogP contribution is -2.29. The molecule has 2 rings (SSSR count). The third-order valence-corrected chi connectivity index (χ3v) is 2.53. The molecule has 0 radical (unpaired) electrons. The van der Waals surface area contributed by atoms with E-state index in [4.69, 9.17) is 0 Å². The molecule has 1 saturated carbocycles. The minimum Gasteiger partial charge on any atom is -0.387 e. The summed E-state index contributed by atoms with van der Waals surface area (Å²) in [6, 6.07) is 0.358. The van der Waals surface area contributed by atoms with Crippen LogP contribution < -0.4 is 5.32 Å². The smallest absolute Gasteiger partial charge is 0.242 e. The molecule has 0 aromatic carbocycles. The lowest BCUT2D eigenvalue weighted by molar-refractivity contribution is -0.122. The number of nitrogens with one attached hydrogen (secondary N) is 1. The Balaban J connectivity index is 1.88. The first kappa shape index (κ1) is 11.1. The summed E-state index contributed by atoms with van der Waals surface area (Å²) in [5.74, 6) is -0.0510. The highest BCUT2D eigenvalue weighted by molar-refractivity contribution is 5.76. The van der Waals surface area contributed by atoms with Crippen LogP contribution in [0.4, 0.5) is 0 Å². The predicted molar refractivity (Wildman–Crippen MR) is 56.4 cm³/mol. The van der Waals surface area contributed by atoms with Gasteiger partial charge in [0.05, 0.1) is 12.3 Å². The van der Waals surface area contributed by atoms with Crippen molar-refractivity contribution in [2.45, 2.75) is 44.9 Å². The molecule has 1 aromatic rings. The molecule has 0 bridgehead atoms. The number of aromatic nitrogens is 3. The Morgan fingerprint density at radius 2 is 2.50 bits per heavy atom. The number of hydrogen-bond donors (Lipinski definition) is 2. The first-order chi connectivity index (χ1) is 7.69. The fourth-order valence-electron chi connectivity index (χ4n) is 1.40. The SMILES string of the molecule is CCC(O)c1cn(CC(=O)NC2CC2)nn1. The Bertz CT molecular complexity index is 373. The Kier molecular flexibility index (Phi) is 3.19. The van der Waals surface area contributed by atoms with Crippen molar-refractivity contribution in [2.24, 2.45) is 0 Å². The zero-order valence-corrected chi connectivity index (χ0v) is 9.26. The van der Waals surface area contributed by atoms with Crippen LogP contribution in [0, 0.1) is 0 Å². The number of amides is 1. The van der Waals surface area contributed by atoms with Crippen molar-refractivity contribution in [1.82, 2.24) is 20.3 Å². The van der Waals surface area contributed by atoms with Crippen molar-refractivity contribution >= 4 is 5.91 Å². The largest absolute Gasteiger partial charge is 0.387 e. The standard InChI is InChI=1S/C10H16N4O2/c1-2-9(15)8-5-14(13-12-8)6-10(16)11-7-3-4-7/h5,7,9,15H,2-4,6H2,1H3,(H,11,16). The number of hydrogen-bond acceptors (Lipinski definition) is 4. The highest BCUT2D eigenvalue weighted by Gasteiger charge is 2.23. The molecule has 1 fully saturated rings. The molecular formula is C10H16N4O2. The summed E-state index contributed by atoms with van der Waals surface area (Å²) >= 11 is 0.